The molecule has 32 heavy (non-hydrogen) atoms. The third-order valence-electron chi connectivity index (χ3n) is 7.09. The van der Waals surface area contributed by atoms with Crippen LogP contribution in [0, 0.1) is 5.92 Å². The first-order valence-electron chi connectivity index (χ1n) is 11.5. The van der Waals surface area contributed by atoms with E-state index in [4.69, 9.17) is 15.2 Å². The van der Waals surface area contributed by atoms with Gasteiger partial charge in [-0.05, 0) is 42.6 Å². The number of hydrogen-bond donors (Lipinski definition) is 3. The van der Waals surface area contributed by atoms with Gasteiger partial charge in [0.25, 0.3) is 0 Å². The van der Waals surface area contributed by atoms with E-state index in [0.29, 0.717) is 39.1 Å². The predicted molar refractivity (Wildman–Crippen MR) is 120 cm³/mol. The van der Waals surface area contributed by atoms with Crippen LogP contribution in [0.1, 0.15) is 18.4 Å². The van der Waals surface area contributed by atoms with Crippen LogP contribution in [-0.4, -0.2) is 66.2 Å². The molecule has 7 heteroatoms. The number of nitrogens with one attached hydrogen (secondary N) is 1. The monoisotopic (exact) mass is 437 g/mol. The zero-order valence-electron chi connectivity index (χ0n) is 18.1. The molecule has 3 saturated heterocycles. The minimum absolute atomic E-state index is 0.0853. The van der Waals surface area contributed by atoms with Crippen molar-refractivity contribution >= 4 is 5.91 Å². The van der Waals surface area contributed by atoms with Gasteiger partial charge >= 0.3 is 0 Å². The van der Waals surface area contributed by atoms with Gasteiger partial charge in [-0.25, -0.2) is 0 Å². The molecule has 7 nitrogen and oxygen atoms in total. The van der Waals surface area contributed by atoms with Crippen molar-refractivity contribution in [1.29, 1.82) is 0 Å². The molecule has 3 aliphatic heterocycles. The maximum absolute atomic E-state index is 11.5. The first-order chi connectivity index (χ1) is 15.6. The number of hydrogen-bond acceptors (Lipinski definition) is 6. The topological polar surface area (TPSA) is 97.1 Å². The summed E-state index contributed by atoms with van der Waals surface area (Å²) in [5, 5.41) is 14.8. The van der Waals surface area contributed by atoms with E-state index < -0.39 is 12.4 Å². The molecule has 2 aromatic carbocycles. The van der Waals surface area contributed by atoms with Crippen molar-refractivity contribution in [2.45, 2.75) is 50.0 Å². The van der Waals surface area contributed by atoms with Crippen LogP contribution in [0.25, 0.3) is 11.1 Å². The molecule has 3 heterocycles. The predicted octanol–water partition coefficient (Wildman–Crippen LogP) is 1.49. The standard InChI is InChI=1S/C25H31N3O4/c26-24(30)19-10-12-28(13-11-19)22-23(29)21(20-15-31-25(22)32-20)27-14-16-6-8-18(9-7-16)17-4-2-1-3-5-17/h1-9,19-23,25,27,29H,10-15H2,(H2,26,30). The summed E-state index contributed by atoms with van der Waals surface area (Å²) in [5.41, 5.74) is 9.00. The number of piperidine rings is 1. The Morgan fingerprint density at radius 3 is 2.44 bits per heavy atom. The molecule has 0 saturated carbocycles. The van der Waals surface area contributed by atoms with Gasteiger partial charge in [0.1, 0.15) is 6.10 Å². The molecule has 0 spiro atoms. The zero-order valence-corrected chi connectivity index (χ0v) is 18.1. The molecule has 0 radical (unpaired) electrons. The van der Waals surface area contributed by atoms with Crippen LogP contribution >= 0.6 is 0 Å². The molecule has 5 atom stereocenters. The van der Waals surface area contributed by atoms with Crippen molar-refractivity contribution in [1.82, 2.24) is 10.2 Å². The third-order valence-corrected chi connectivity index (χ3v) is 7.09. The lowest BCUT2D eigenvalue weighted by molar-refractivity contribution is -0.186. The van der Waals surface area contributed by atoms with Crippen LogP contribution in [-0.2, 0) is 20.8 Å². The van der Waals surface area contributed by atoms with Gasteiger partial charge in [0.2, 0.25) is 5.91 Å². The first kappa shape index (κ1) is 21.6. The van der Waals surface area contributed by atoms with E-state index in [-0.39, 0.29) is 30.0 Å². The van der Waals surface area contributed by atoms with Crippen molar-refractivity contribution in [3.05, 3.63) is 60.2 Å². The quantitative estimate of drug-likeness (QED) is 0.634. The van der Waals surface area contributed by atoms with Crippen LogP contribution in [0.5, 0.6) is 0 Å². The average Bonchev–Trinajstić information content (AvgIpc) is 3.25. The number of likely N-dealkylation sites (tertiary alicyclic amines) is 1. The van der Waals surface area contributed by atoms with Crippen LogP contribution in [0.4, 0.5) is 0 Å². The van der Waals surface area contributed by atoms with E-state index in [9.17, 15) is 9.90 Å². The fourth-order valence-electron chi connectivity index (χ4n) is 5.21. The lowest BCUT2D eigenvalue weighted by Gasteiger charge is -2.46. The normalized spacial score (nSPS) is 31.0. The number of carbonyl (C=O) groups is 1. The summed E-state index contributed by atoms with van der Waals surface area (Å²) in [5.74, 6) is -0.321. The summed E-state index contributed by atoms with van der Waals surface area (Å²) < 4.78 is 12.0. The van der Waals surface area contributed by atoms with E-state index in [2.05, 4.69) is 46.6 Å². The summed E-state index contributed by atoms with van der Waals surface area (Å²) in [4.78, 5) is 13.7. The molecule has 2 aromatic rings. The number of amides is 1. The molecular formula is C25H31N3O4. The highest BCUT2D eigenvalue weighted by Gasteiger charge is 2.52. The molecule has 170 valence electrons. The fourth-order valence-corrected chi connectivity index (χ4v) is 5.21. The Labute approximate surface area is 188 Å². The van der Waals surface area contributed by atoms with Crippen LogP contribution < -0.4 is 11.1 Å². The van der Waals surface area contributed by atoms with Gasteiger partial charge in [-0.2, -0.15) is 0 Å². The van der Waals surface area contributed by atoms with Gasteiger partial charge in [0.05, 0.1) is 24.8 Å². The van der Waals surface area contributed by atoms with Crippen molar-refractivity contribution in [3.63, 3.8) is 0 Å². The lowest BCUT2D eigenvalue weighted by atomic mass is 9.90. The Kier molecular flexibility index (Phi) is 6.26. The van der Waals surface area contributed by atoms with E-state index in [1.165, 1.54) is 11.1 Å². The molecule has 2 bridgehead atoms. The van der Waals surface area contributed by atoms with E-state index in [0.717, 1.165) is 5.56 Å². The molecule has 3 aliphatic rings. The average molecular weight is 438 g/mol. The Morgan fingerprint density at radius 1 is 1.06 bits per heavy atom. The molecule has 0 aliphatic carbocycles. The van der Waals surface area contributed by atoms with Crippen molar-refractivity contribution in [3.8, 4) is 11.1 Å². The van der Waals surface area contributed by atoms with Gasteiger partial charge in [-0.1, -0.05) is 54.6 Å². The van der Waals surface area contributed by atoms with Crippen LogP contribution in [0.2, 0.25) is 0 Å². The molecule has 0 aromatic heterocycles. The maximum atomic E-state index is 11.5. The van der Waals surface area contributed by atoms with Crippen molar-refractivity contribution < 1.29 is 19.4 Å². The summed E-state index contributed by atoms with van der Waals surface area (Å²) in [7, 11) is 0. The largest absolute Gasteiger partial charge is 0.390 e. The minimum atomic E-state index is -0.616. The SMILES string of the molecule is NC(=O)C1CCN(C2C3OCC(O3)C(NCc3ccc(-c4ccccc4)cc3)C2O)CC1. The fraction of sp³-hybridized carbons (Fsp3) is 0.480. The van der Waals surface area contributed by atoms with Gasteiger partial charge < -0.3 is 25.6 Å². The van der Waals surface area contributed by atoms with Crippen molar-refractivity contribution in [2.75, 3.05) is 19.7 Å². The van der Waals surface area contributed by atoms with E-state index in [1.54, 1.807) is 0 Å². The Balaban J connectivity index is 1.22. The second kappa shape index (κ2) is 9.29. The molecule has 4 N–H and O–H groups in total. The summed E-state index contributed by atoms with van der Waals surface area (Å²) in [6, 6.07) is 18.3. The number of rotatable bonds is 6. The summed E-state index contributed by atoms with van der Waals surface area (Å²) in [6.45, 7) is 2.52. The second-order valence-corrected chi connectivity index (χ2v) is 9.04. The molecule has 3 fully saturated rings. The van der Waals surface area contributed by atoms with Crippen LogP contribution in [0.15, 0.2) is 54.6 Å². The Bertz CT molecular complexity index is 915. The number of ether oxygens (including phenoxy) is 2. The number of aliphatic hydroxyl groups excluding tert-OH is 1. The van der Waals surface area contributed by atoms with Gasteiger partial charge in [0.15, 0.2) is 6.29 Å². The third kappa shape index (κ3) is 4.31. The minimum Gasteiger partial charge on any atom is -0.390 e. The highest BCUT2D eigenvalue weighted by atomic mass is 16.7. The lowest BCUT2D eigenvalue weighted by Crippen LogP contribution is -2.65. The molecule has 5 unspecified atom stereocenters. The highest BCUT2D eigenvalue weighted by molar-refractivity contribution is 5.76. The number of primary amides is 1. The number of fused-ring (bicyclic) bond motifs is 2. The van der Waals surface area contributed by atoms with Gasteiger partial charge in [-0.3, -0.25) is 9.69 Å². The number of benzene rings is 2. The number of aliphatic hydroxyl groups is 1. The first-order valence-corrected chi connectivity index (χ1v) is 11.5. The summed E-state index contributed by atoms with van der Waals surface area (Å²) in [6.07, 6.45) is 0.206. The van der Waals surface area contributed by atoms with Gasteiger partial charge in [-0.15, -0.1) is 0 Å². The Hall–Kier alpha value is -2.29. The van der Waals surface area contributed by atoms with Gasteiger partial charge in [0, 0.05) is 12.5 Å². The number of nitrogens with two attached hydrogens (primary N) is 1. The van der Waals surface area contributed by atoms with E-state index in [1.807, 2.05) is 18.2 Å². The van der Waals surface area contributed by atoms with Crippen molar-refractivity contribution in [2.24, 2.45) is 11.7 Å². The Morgan fingerprint density at radius 2 is 1.75 bits per heavy atom. The van der Waals surface area contributed by atoms with E-state index >= 15 is 0 Å². The highest BCUT2D eigenvalue weighted by Crippen LogP contribution is 2.33. The van der Waals surface area contributed by atoms with Crippen LogP contribution in [0.3, 0.4) is 0 Å². The molecule has 1 amide bonds. The summed E-state index contributed by atoms with van der Waals surface area (Å²) >= 11 is 0. The number of nitrogens with zero attached hydrogens (tertiary/aromatic N) is 1. The molecule has 5 rings (SSSR count). The maximum Gasteiger partial charge on any atom is 0.220 e. The second-order valence-electron chi connectivity index (χ2n) is 9.04. The molecular weight excluding hydrogens is 406 g/mol. The smallest absolute Gasteiger partial charge is 0.220 e. The zero-order chi connectivity index (χ0) is 22.1. The number of carbonyl (C=O) groups excluding carboxylic acids is 1.